The number of nitrogens with zero attached hydrogens (tertiary/aromatic N) is 4. The summed E-state index contributed by atoms with van der Waals surface area (Å²) in [6.45, 7) is 12.9. The van der Waals surface area contributed by atoms with Crippen LogP contribution in [0, 0.1) is 11.3 Å². The van der Waals surface area contributed by atoms with E-state index in [9.17, 15) is 10.1 Å². The minimum Gasteiger partial charge on any atom is -0.458 e. The summed E-state index contributed by atoms with van der Waals surface area (Å²) < 4.78 is 9.17. The average Bonchev–Trinajstić information content (AvgIpc) is 3.48. The van der Waals surface area contributed by atoms with Crippen LogP contribution < -0.4 is 0 Å². The molecule has 0 aliphatic heterocycles. The molecular formula is C31H38N4O2. The molecule has 6 heteroatoms. The number of nitriles is 1. The molecule has 3 rings (SSSR count). The summed E-state index contributed by atoms with van der Waals surface area (Å²) in [5.41, 5.74) is 6.76. The summed E-state index contributed by atoms with van der Waals surface area (Å²) in [7, 11) is 0. The highest BCUT2D eigenvalue weighted by molar-refractivity contribution is 5.90. The smallest absolute Gasteiger partial charge is 0.341 e. The van der Waals surface area contributed by atoms with Crippen molar-refractivity contribution < 1.29 is 9.53 Å². The summed E-state index contributed by atoms with van der Waals surface area (Å²) in [4.78, 5) is 12.5. The fraction of sp³-hybridized carbons (Fsp3) is 0.387. The van der Waals surface area contributed by atoms with Crippen molar-refractivity contribution in [3.05, 3.63) is 82.9 Å². The first-order chi connectivity index (χ1) is 17.7. The summed E-state index contributed by atoms with van der Waals surface area (Å²) in [6.07, 6.45) is 15.7. The minimum atomic E-state index is -0.407. The maximum Gasteiger partial charge on any atom is 0.341 e. The lowest BCUT2D eigenvalue weighted by atomic mass is 10.1. The SMILES string of the molecule is CC(C)=CCC/C(C)=C/CC/C(C)=C/COC(=O)c1cnn(-c2ccc3c(c2)c(C#N)cn3C(C)C)c1. The molecule has 2 aromatic heterocycles. The quantitative estimate of drug-likeness (QED) is 0.199. The molecule has 0 radical (unpaired) electrons. The number of allylic oxidation sites excluding steroid dienone is 5. The van der Waals surface area contributed by atoms with E-state index in [-0.39, 0.29) is 12.6 Å². The van der Waals surface area contributed by atoms with Gasteiger partial charge in [-0.15, -0.1) is 0 Å². The van der Waals surface area contributed by atoms with E-state index < -0.39 is 5.97 Å². The van der Waals surface area contributed by atoms with Crippen molar-refractivity contribution in [2.75, 3.05) is 6.61 Å². The van der Waals surface area contributed by atoms with Gasteiger partial charge in [-0.25, -0.2) is 9.48 Å². The zero-order valence-corrected chi connectivity index (χ0v) is 22.9. The van der Waals surface area contributed by atoms with Crippen molar-refractivity contribution in [2.24, 2.45) is 0 Å². The number of esters is 1. The van der Waals surface area contributed by atoms with Gasteiger partial charge in [0.1, 0.15) is 12.7 Å². The fourth-order valence-electron chi connectivity index (χ4n) is 4.15. The average molecular weight is 499 g/mol. The van der Waals surface area contributed by atoms with E-state index in [1.807, 2.05) is 30.5 Å². The fourth-order valence-corrected chi connectivity index (χ4v) is 4.15. The van der Waals surface area contributed by atoms with E-state index >= 15 is 0 Å². The van der Waals surface area contributed by atoms with Gasteiger partial charge in [-0.05, 0) is 91.5 Å². The van der Waals surface area contributed by atoms with E-state index in [0.29, 0.717) is 11.1 Å². The molecule has 0 aliphatic rings. The highest BCUT2D eigenvalue weighted by Gasteiger charge is 2.14. The minimum absolute atomic E-state index is 0.235. The third-order valence-corrected chi connectivity index (χ3v) is 6.35. The van der Waals surface area contributed by atoms with E-state index in [1.165, 1.54) is 22.9 Å². The highest BCUT2D eigenvalue weighted by Crippen LogP contribution is 2.26. The monoisotopic (exact) mass is 498 g/mol. The Bertz CT molecular complexity index is 1370. The number of benzene rings is 1. The van der Waals surface area contributed by atoms with Crippen LogP contribution >= 0.6 is 0 Å². The van der Waals surface area contributed by atoms with Gasteiger partial charge in [0.15, 0.2) is 0 Å². The van der Waals surface area contributed by atoms with E-state index in [0.717, 1.165) is 42.3 Å². The van der Waals surface area contributed by atoms with Gasteiger partial charge in [0.05, 0.1) is 23.0 Å². The molecule has 37 heavy (non-hydrogen) atoms. The summed E-state index contributed by atoms with van der Waals surface area (Å²) in [5.74, 6) is -0.407. The second-order valence-electron chi connectivity index (χ2n) is 10.1. The maximum atomic E-state index is 12.5. The predicted molar refractivity (Wildman–Crippen MR) is 150 cm³/mol. The van der Waals surface area contributed by atoms with Crippen molar-refractivity contribution in [3.63, 3.8) is 0 Å². The molecule has 0 aliphatic carbocycles. The molecule has 0 spiro atoms. The third-order valence-electron chi connectivity index (χ3n) is 6.35. The Balaban J connectivity index is 1.56. The largest absolute Gasteiger partial charge is 0.458 e. The van der Waals surface area contributed by atoms with Gasteiger partial charge in [0.2, 0.25) is 0 Å². The number of hydrogen-bond acceptors (Lipinski definition) is 4. The number of aromatic nitrogens is 3. The van der Waals surface area contributed by atoms with E-state index in [1.54, 1.807) is 10.9 Å². The molecule has 3 aromatic rings. The molecule has 6 nitrogen and oxygen atoms in total. The van der Waals surface area contributed by atoms with Crippen molar-refractivity contribution in [1.29, 1.82) is 5.26 Å². The van der Waals surface area contributed by atoms with Gasteiger partial charge in [0.25, 0.3) is 0 Å². The number of carbonyl (C=O) groups excluding carboxylic acids is 1. The van der Waals surface area contributed by atoms with Crippen molar-refractivity contribution in [1.82, 2.24) is 14.3 Å². The Kier molecular flexibility index (Phi) is 9.68. The lowest BCUT2D eigenvalue weighted by molar-refractivity contribution is 0.0549. The molecule has 0 unspecified atom stereocenters. The lowest BCUT2D eigenvalue weighted by Crippen LogP contribution is -2.04. The maximum absolute atomic E-state index is 12.5. The molecule has 0 bridgehead atoms. The topological polar surface area (TPSA) is 72.8 Å². The second-order valence-corrected chi connectivity index (χ2v) is 10.1. The van der Waals surface area contributed by atoms with E-state index in [4.69, 9.17) is 4.74 Å². The van der Waals surface area contributed by atoms with Crippen LogP contribution in [-0.2, 0) is 4.74 Å². The lowest BCUT2D eigenvalue weighted by Gasteiger charge is -2.09. The van der Waals surface area contributed by atoms with Gasteiger partial charge < -0.3 is 9.30 Å². The molecule has 0 atom stereocenters. The summed E-state index contributed by atoms with van der Waals surface area (Å²) in [5, 5.41) is 14.8. The molecule has 1 aromatic carbocycles. The first-order valence-electron chi connectivity index (χ1n) is 12.9. The Morgan fingerprint density at radius 1 is 1.05 bits per heavy atom. The standard InChI is InChI=1S/C31H38N4O2/c1-22(2)9-7-10-24(5)11-8-12-25(6)15-16-37-31(36)27-19-33-35(21-27)28-13-14-30-29(17-28)26(18-32)20-34(30)23(3)4/h9,11,13-15,17,19-21,23H,7-8,10,12,16H2,1-6H3/b24-11+,25-15+. The number of ether oxygens (including phenoxy) is 1. The Labute approximate surface area is 220 Å². The van der Waals surface area contributed by atoms with Crippen LogP contribution in [0.3, 0.4) is 0 Å². The van der Waals surface area contributed by atoms with Crippen molar-refractivity contribution in [2.45, 2.75) is 73.3 Å². The van der Waals surface area contributed by atoms with Gasteiger partial charge >= 0.3 is 5.97 Å². The number of hydrogen-bond donors (Lipinski definition) is 0. The molecule has 0 amide bonds. The van der Waals surface area contributed by atoms with Crippen LogP contribution in [0.5, 0.6) is 0 Å². The molecule has 2 heterocycles. The van der Waals surface area contributed by atoms with Gasteiger partial charge in [0, 0.05) is 29.3 Å². The number of carbonyl (C=O) groups is 1. The second kappa shape index (κ2) is 12.9. The van der Waals surface area contributed by atoms with Crippen LogP contribution in [0.15, 0.2) is 71.7 Å². The van der Waals surface area contributed by atoms with Crippen LogP contribution in [0.1, 0.15) is 89.2 Å². The molecule has 194 valence electrons. The Hall–Kier alpha value is -3.85. The van der Waals surface area contributed by atoms with Crippen LogP contribution in [-0.4, -0.2) is 26.9 Å². The van der Waals surface area contributed by atoms with Crippen molar-refractivity contribution >= 4 is 16.9 Å². The van der Waals surface area contributed by atoms with Crippen LogP contribution in [0.25, 0.3) is 16.6 Å². The highest BCUT2D eigenvalue weighted by atomic mass is 16.5. The normalized spacial score (nSPS) is 12.2. The number of fused-ring (bicyclic) bond motifs is 1. The third kappa shape index (κ3) is 7.57. The molecule has 0 N–H and O–H groups in total. The summed E-state index contributed by atoms with van der Waals surface area (Å²) >= 11 is 0. The van der Waals surface area contributed by atoms with Gasteiger partial charge in [-0.1, -0.05) is 28.9 Å². The van der Waals surface area contributed by atoms with Gasteiger partial charge in [-0.3, -0.25) is 0 Å². The van der Waals surface area contributed by atoms with Gasteiger partial charge in [-0.2, -0.15) is 10.4 Å². The molecular weight excluding hydrogens is 460 g/mol. The Morgan fingerprint density at radius 3 is 2.43 bits per heavy atom. The predicted octanol–water partition coefficient (Wildman–Crippen LogP) is 7.86. The number of rotatable bonds is 11. The van der Waals surface area contributed by atoms with E-state index in [2.05, 4.69) is 69.4 Å². The van der Waals surface area contributed by atoms with Crippen molar-refractivity contribution in [3.8, 4) is 11.8 Å². The zero-order chi connectivity index (χ0) is 26.9. The summed E-state index contributed by atoms with van der Waals surface area (Å²) in [6, 6.07) is 8.37. The Morgan fingerprint density at radius 2 is 1.76 bits per heavy atom. The zero-order valence-electron chi connectivity index (χ0n) is 22.9. The van der Waals surface area contributed by atoms with Crippen LogP contribution in [0.4, 0.5) is 0 Å². The first kappa shape index (κ1) is 27.7. The molecule has 0 saturated carbocycles. The van der Waals surface area contributed by atoms with Crippen LogP contribution in [0.2, 0.25) is 0 Å². The molecule has 0 saturated heterocycles. The molecule has 0 fully saturated rings. The first-order valence-corrected chi connectivity index (χ1v) is 12.9.